The van der Waals surface area contributed by atoms with E-state index in [4.69, 9.17) is 0 Å². The molecule has 0 heterocycles. The molecule has 0 spiro atoms. The first-order valence-electron chi connectivity index (χ1n) is 4.50. The Balaban J connectivity index is 3.56. The second-order valence-corrected chi connectivity index (χ2v) is 3.72. The lowest BCUT2D eigenvalue weighted by molar-refractivity contribution is -0.143. The van der Waals surface area contributed by atoms with Crippen molar-refractivity contribution in [2.24, 2.45) is 0 Å². The molecule has 0 N–H and O–H groups in total. The number of alkyl halides is 7. The molecule has 0 amide bonds. The summed E-state index contributed by atoms with van der Waals surface area (Å²) < 4.78 is 75.6. The number of rotatable bonds is 0. The molecule has 1 aromatic carbocycles. The molecule has 0 saturated heterocycles. The van der Waals surface area contributed by atoms with E-state index in [1.807, 2.05) is 5.92 Å². The van der Waals surface area contributed by atoms with Gasteiger partial charge in [0.05, 0.1) is 16.5 Å². The summed E-state index contributed by atoms with van der Waals surface area (Å²) in [7, 11) is 0. The molecule has 98 valence electrons. The van der Waals surface area contributed by atoms with Crippen LogP contribution in [0.2, 0.25) is 0 Å². The van der Waals surface area contributed by atoms with Crippen molar-refractivity contribution < 1.29 is 26.3 Å². The third-order valence-corrected chi connectivity index (χ3v) is 2.24. The van der Waals surface area contributed by atoms with E-state index in [-0.39, 0.29) is 5.33 Å². The van der Waals surface area contributed by atoms with Crippen molar-refractivity contribution in [2.45, 2.75) is 12.4 Å². The smallest absolute Gasteiger partial charge is 0.166 e. The van der Waals surface area contributed by atoms with Gasteiger partial charge in [-0.3, -0.25) is 0 Å². The molecule has 0 atom stereocenters. The van der Waals surface area contributed by atoms with E-state index in [1.54, 1.807) is 0 Å². The number of halogens is 7. The van der Waals surface area contributed by atoms with Gasteiger partial charge in [0.15, 0.2) is 0 Å². The molecule has 1 rings (SSSR count). The van der Waals surface area contributed by atoms with Gasteiger partial charge in [0.25, 0.3) is 0 Å². The van der Waals surface area contributed by atoms with Gasteiger partial charge < -0.3 is 0 Å². The van der Waals surface area contributed by atoms with Crippen LogP contribution in [0.3, 0.4) is 0 Å². The maximum Gasteiger partial charge on any atom is 0.417 e. The Morgan fingerprint density at radius 1 is 0.944 bits per heavy atom. The molecule has 0 aliphatic carbocycles. The molecule has 0 aliphatic heterocycles. The molecule has 1 aromatic rings. The van der Waals surface area contributed by atoms with E-state index in [1.165, 1.54) is 0 Å². The summed E-state index contributed by atoms with van der Waals surface area (Å²) in [5, 5.41) is -0.0174. The minimum Gasteiger partial charge on any atom is -0.166 e. The Labute approximate surface area is 107 Å². The van der Waals surface area contributed by atoms with Crippen molar-refractivity contribution in [1.82, 2.24) is 0 Å². The van der Waals surface area contributed by atoms with Crippen LogP contribution < -0.4 is 0 Å². The van der Waals surface area contributed by atoms with E-state index in [2.05, 4.69) is 21.9 Å². The molecule has 0 radical (unpaired) electrons. The van der Waals surface area contributed by atoms with Crippen molar-refractivity contribution in [1.29, 1.82) is 0 Å². The Kier molecular flexibility index (Phi) is 4.32. The monoisotopic (exact) mass is 330 g/mol. The van der Waals surface area contributed by atoms with Crippen LogP contribution in [0, 0.1) is 11.8 Å². The Hall–Kier alpha value is -1.16. The van der Waals surface area contributed by atoms with Gasteiger partial charge in [-0.15, -0.1) is 0 Å². The fourth-order valence-electron chi connectivity index (χ4n) is 1.28. The van der Waals surface area contributed by atoms with Crippen LogP contribution in [0.4, 0.5) is 26.3 Å². The van der Waals surface area contributed by atoms with E-state index in [0.717, 1.165) is 0 Å². The lowest BCUT2D eigenvalue weighted by Crippen LogP contribution is -2.14. The molecule has 0 aromatic heterocycles. The van der Waals surface area contributed by atoms with Crippen LogP contribution >= 0.6 is 15.9 Å². The average molecular weight is 331 g/mol. The van der Waals surface area contributed by atoms with E-state index in [9.17, 15) is 26.3 Å². The summed E-state index contributed by atoms with van der Waals surface area (Å²) in [6, 6.07) is 1.87. The van der Waals surface area contributed by atoms with Gasteiger partial charge in [-0.2, -0.15) is 26.3 Å². The highest BCUT2D eigenvalue weighted by Gasteiger charge is 2.40. The molecule has 0 saturated carbocycles. The van der Waals surface area contributed by atoms with Gasteiger partial charge in [-0.1, -0.05) is 33.8 Å². The highest BCUT2D eigenvalue weighted by molar-refractivity contribution is 9.09. The summed E-state index contributed by atoms with van der Waals surface area (Å²) in [4.78, 5) is 0. The summed E-state index contributed by atoms with van der Waals surface area (Å²) in [6.07, 6.45) is -9.75. The molecule has 0 aliphatic rings. The van der Waals surface area contributed by atoms with E-state index < -0.39 is 29.0 Å². The maximum absolute atomic E-state index is 12.6. The lowest BCUT2D eigenvalue weighted by Gasteiger charge is -2.14. The lowest BCUT2D eigenvalue weighted by atomic mass is 10.0. The second kappa shape index (κ2) is 5.22. The molecule has 7 heteroatoms. The minimum absolute atomic E-state index is 0.0174. The zero-order chi connectivity index (χ0) is 14.0. The van der Waals surface area contributed by atoms with Crippen molar-refractivity contribution in [3.8, 4) is 11.8 Å². The molecule has 18 heavy (non-hydrogen) atoms. The maximum atomic E-state index is 12.6. The first-order valence-corrected chi connectivity index (χ1v) is 5.62. The highest BCUT2D eigenvalue weighted by atomic mass is 79.9. The third kappa shape index (κ3) is 3.42. The predicted octanol–water partition coefficient (Wildman–Crippen LogP) is 4.47. The normalized spacial score (nSPS) is 11.9. The fourth-order valence-corrected chi connectivity index (χ4v) is 1.42. The predicted molar refractivity (Wildman–Crippen MR) is 57.1 cm³/mol. The standard InChI is InChI=1S/C11H5BrF6/c12-6-2-3-7-8(10(13,14)15)4-1-5-9(7)11(16,17)18/h1,4-5H,6H2. The Morgan fingerprint density at radius 3 is 1.72 bits per heavy atom. The first kappa shape index (κ1) is 14.9. The number of benzene rings is 1. The van der Waals surface area contributed by atoms with E-state index >= 15 is 0 Å². The quantitative estimate of drug-likeness (QED) is 0.374. The Morgan fingerprint density at radius 2 is 1.39 bits per heavy atom. The Bertz CT molecular complexity index is 457. The summed E-state index contributed by atoms with van der Waals surface area (Å²) in [6.45, 7) is 0. The van der Waals surface area contributed by atoms with Gasteiger partial charge in [0.1, 0.15) is 0 Å². The zero-order valence-electron chi connectivity index (χ0n) is 8.58. The molecule has 0 unspecified atom stereocenters. The molecule has 0 bridgehead atoms. The zero-order valence-corrected chi connectivity index (χ0v) is 10.2. The van der Waals surface area contributed by atoms with Gasteiger partial charge in [-0.05, 0) is 12.1 Å². The van der Waals surface area contributed by atoms with Crippen LogP contribution in [0.25, 0.3) is 0 Å². The SMILES string of the molecule is FC(F)(F)c1cccc(C(F)(F)F)c1C#CCBr. The van der Waals surface area contributed by atoms with Crippen LogP contribution in [-0.4, -0.2) is 5.33 Å². The van der Waals surface area contributed by atoms with Gasteiger partial charge in [0, 0.05) is 5.56 Å². The largest absolute Gasteiger partial charge is 0.417 e. The van der Waals surface area contributed by atoms with Crippen molar-refractivity contribution in [3.05, 3.63) is 34.9 Å². The summed E-state index contributed by atoms with van der Waals surface area (Å²) in [5.41, 5.74) is -3.81. The van der Waals surface area contributed by atoms with Gasteiger partial charge >= 0.3 is 12.4 Å². The number of hydrogen-bond donors (Lipinski definition) is 0. The van der Waals surface area contributed by atoms with E-state index in [0.29, 0.717) is 18.2 Å². The van der Waals surface area contributed by atoms with Crippen LogP contribution in [0.15, 0.2) is 18.2 Å². The van der Waals surface area contributed by atoms with Crippen molar-refractivity contribution in [2.75, 3.05) is 5.33 Å². The van der Waals surface area contributed by atoms with Crippen molar-refractivity contribution >= 4 is 15.9 Å². The molecule has 0 nitrogen and oxygen atoms in total. The van der Waals surface area contributed by atoms with Gasteiger partial charge in [0.2, 0.25) is 0 Å². The summed E-state index contributed by atoms with van der Waals surface area (Å²) in [5.74, 6) is 4.06. The fraction of sp³-hybridized carbons (Fsp3) is 0.273. The van der Waals surface area contributed by atoms with Crippen LogP contribution in [-0.2, 0) is 12.4 Å². The molecular formula is C11H5BrF6. The molecular weight excluding hydrogens is 326 g/mol. The third-order valence-electron chi connectivity index (χ3n) is 1.96. The first-order chi connectivity index (χ1) is 8.18. The average Bonchev–Trinajstić information content (AvgIpc) is 2.23. The molecule has 0 fully saturated rings. The van der Waals surface area contributed by atoms with Crippen LogP contribution in [0.5, 0.6) is 0 Å². The summed E-state index contributed by atoms with van der Waals surface area (Å²) >= 11 is 2.82. The highest BCUT2D eigenvalue weighted by Crippen LogP contribution is 2.38. The second-order valence-electron chi connectivity index (χ2n) is 3.16. The number of hydrogen-bond acceptors (Lipinski definition) is 0. The van der Waals surface area contributed by atoms with Gasteiger partial charge in [-0.25, -0.2) is 0 Å². The minimum atomic E-state index is -4.88. The van der Waals surface area contributed by atoms with Crippen molar-refractivity contribution in [3.63, 3.8) is 0 Å². The topological polar surface area (TPSA) is 0 Å². The van der Waals surface area contributed by atoms with Crippen LogP contribution in [0.1, 0.15) is 16.7 Å².